The molecule has 1 saturated carbocycles. The lowest BCUT2D eigenvalue weighted by atomic mass is 9.88. The van der Waals surface area contributed by atoms with Crippen LogP contribution in [0.15, 0.2) is 6.07 Å². The predicted octanol–water partition coefficient (Wildman–Crippen LogP) is 3.49. The van der Waals surface area contributed by atoms with E-state index in [0.717, 1.165) is 30.3 Å². The van der Waals surface area contributed by atoms with E-state index in [4.69, 9.17) is 9.72 Å². The van der Waals surface area contributed by atoms with Crippen LogP contribution in [0.4, 0.5) is 5.82 Å². The van der Waals surface area contributed by atoms with E-state index in [9.17, 15) is 0 Å². The van der Waals surface area contributed by atoms with Crippen LogP contribution in [0, 0.1) is 0 Å². The van der Waals surface area contributed by atoms with Gasteiger partial charge in [-0.2, -0.15) is 0 Å². The lowest BCUT2D eigenvalue weighted by Crippen LogP contribution is -2.13. The monoisotopic (exact) mass is 263 g/mol. The molecule has 0 aliphatic heterocycles. The number of anilines is 1. The van der Waals surface area contributed by atoms with Gasteiger partial charge in [0, 0.05) is 25.6 Å². The molecule has 0 aromatic carbocycles. The van der Waals surface area contributed by atoms with Gasteiger partial charge in [0.1, 0.15) is 11.6 Å². The molecule has 0 amide bonds. The Balaban J connectivity index is 2.17. The van der Waals surface area contributed by atoms with Crippen molar-refractivity contribution in [1.82, 2.24) is 9.97 Å². The van der Waals surface area contributed by atoms with Gasteiger partial charge in [-0.15, -0.1) is 0 Å². The Morgan fingerprint density at radius 2 is 2.05 bits per heavy atom. The second-order valence-corrected chi connectivity index (χ2v) is 5.30. The number of methoxy groups -OCH3 is 1. The molecular formula is C15H25N3O. The van der Waals surface area contributed by atoms with E-state index in [2.05, 4.69) is 17.2 Å². The molecule has 19 heavy (non-hydrogen) atoms. The van der Waals surface area contributed by atoms with Crippen molar-refractivity contribution >= 4 is 5.82 Å². The average molecular weight is 263 g/mol. The normalized spacial score (nSPS) is 16.5. The molecule has 1 N–H and O–H groups in total. The number of hydrogen-bond acceptors (Lipinski definition) is 4. The number of nitrogens with zero attached hydrogens (tertiary/aromatic N) is 2. The van der Waals surface area contributed by atoms with Crippen molar-refractivity contribution < 1.29 is 4.74 Å². The number of ether oxygens (including phenoxy) is 1. The first-order chi connectivity index (χ1) is 9.33. The van der Waals surface area contributed by atoms with E-state index < -0.39 is 0 Å². The Morgan fingerprint density at radius 3 is 2.74 bits per heavy atom. The summed E-state index contributed by atoms with van der Waals surface area (Å²) in [7, 11) is 1.71. The highest BCUT2D eigenvalue weighted by Crippen LogP contribution is 2.31. The zero-order chi connectivity index (χ0) is 13.5. The third kappa shape index (κ3) is 4.16. The summed E-state index contributed by atoms with van der Waals surface area (Å²) in [5.74, 6) is 2.49. The number of aromatic nitrogens is 2. The van der Waals surface area contributed by atoms with E-state index in [1.165, 1.54) is 32.1 Å². The first-order valence-corrected chi connectivity index (χ1v) is 7.44. The van der Waals surface area contributed by atoms with Crippen molar-refractivity contribution in [2.75, 3.05) is 19.0 Å². The summed E-state index contributed by atoms with van der Waals surface area (Å²) in [5, 5.41) is 3.37. The first kappa shape index (κ1) is 14.3. The Kier molecular flexibility index (Phi) is 5.58. The van der Waals surface area contributed by atoms with Gasteiger partial charge in [0.05, 0.1) is 12.3 Å². The van der Waals surface area contributed by atoms with Crippen LogP contribution in [0.5, 0.6) is 0 Å². The van der Waals surface area contributed by atoms with Gasteiger partial charge in [-0.3, -0.25) is 0 Å². The van der Waals surface area contributed by atoms with E-state index in [0.29, 0.717) is 12.5 Å². The molecular weight excluding hydrogens is 238 g/mol. The Labute approximate surface area is 116 Å². The molecule has 1 aliphatic rings. The molecule has 0 unspecified atom stereocenters. The zero-order valence-corrected chi connectivity index (χ0v) is 12.1. The summed E-state index contributed by atoms with van der Waals surface area (Å²) in [6, 6.07) is 2.01. The van der Waals surface area contributed by atoms with Crippen LogP contribution in [0.25, 0.3) is 0 Å². The number of rotatable bonds is 6. The molecule has 0 bridgehead atoms. The molecule has 1 aromatic heterocycles. The lowest BCUT2D eigenvalue weighted by Gasteiger charge is -2.21. The van der Waals surface area contributed by atoms with Crippen molar-refractivity contribution in [3.05, 3.63) is 17.6 Å². The summed E-state index contributed by atoms with van der Waals surface area (Å²) in [6.45, 7) is 3.67. The summed E-state index contributed by atoms with van der Waals surface area (Å²) in [4.78, 5) is 9.38. The molecule has 1 aromatic rings. The van der Waals surface area contributed by atoms with Crippen LogP contribution in [-0.4, -0.2) is 23.6 Å². The molecule has 1 aliphatic carbocycles. The fourth-order valence-electron chi connectivity index (χ4n) is 2.63. The molecule has 4 nitrogen and oxygen atoms in total. The van der Waals surface area contributed by atoms with Crippen LogP contribution in [0.3, 0.4) is 0 Å². The molecule has 0 radical (unpaired) electrons. The SMILES string of the molecule is CCCNc1cc(COC)nc(C2CCCCC2)n1. The maximum atomic E-state index is 5.21. The standard InChI is InChI=1S/C15H25N3O/c1-3-9-16-14-10-13(11-19-2)17-15(18-14)12-7-5-4-6-8-12/h10,12H,3-9,11H2,1-2H3,(H,16,17,18). The molecule has 0 atom stereocenters. The minimum Gasteiger partial charge on any atom is -0.378 e. The first-order valence-electron chi connectivity index (χ1n) is 7.44. The predicted molar refractivity (Wildman–Crippen MR) is 77.4 cm³/mol. The lowest BCUT2D eigenvalue weighted by molar-refractivity contribution is 0.181. The van der Waals surface area contributed by atoms with Gasteiger partial charge in [-0.1, -0.05) is 26.2 Å². The third-order valence-corrected chi connectivity index (χ3v) is 3.62. The highest BCUT2D eigenvalue weighted by Gasteiger charge is 2.19. The van der Waals surface area contributed by atoms with Crippen molar-refractivity contribution in [2.24, 2.45) is 0 Å². The third-order valence-electron chi connectivity index (χ3n) is 3.62. The van der Waals surface area contributed by atoms with Gasteiger partial charge in [-0.25, -0.2) is 9.97 Å². The Hall–Kier alpha value is -1.16. The van der Waals surface area contributed by atoms with Crippen LogP contribution < -0.4 is 5.32 Å². The smallest absolute Gasteiger partial charge is 0.134 e. The molecule has 2 rings (SSSR count). The van der Waals surface area contributed by atoms with Crippen molar-refractivity contribution in [3.8, 4) is 0 Å². The molecule has 1 fully saturated rings. The van der Waals surface area contributed by atoms with Crippen LogP contribution in [-0.2, 0) is 11.3 Å². The Morgan fingerprint density at radius 1 is 1.26 bits per heavy atom. The van der Waals surface area contributed by atoms with E-state index in [1.807, 2.05) is 6.07 Å². The molecule has 0 saturated heterocycles. The van der Waals surface area contributed by atoms with Gasteiger partial charge in [-0.05, 0) is 19.3 Å². The second-order valence-electron chi connectivity index (χ2n) is 5.30. The summed E-state index contributed by atoms with van der Waals surface area (Å²) in [5.41, 5.74) is 0.983. The average Bonchev–Trinajstić information content (AvgIpc) is 2.46. The van der Waals surface area contributed by atoms with Gasteiger partial charge in [0.25, 0.3) is 0 Å². The van der Waals surface area contributed by atoms with E-state index >= 15 is 0 Å². The van der Waals surface area contributed by atoms with Crippen LogP contribution in [0.1, 0.15) is 62.9 Å². The van der Waals surface area contributed by atoms with Crippen LogP contribution >= 0.6 is 0 Å². The largest absolute Gasteiger partial charge is 0.378 e. The summed E-state index contributed by atoms with van der Waals surface area (Å²) < 4.78 is 5.21. The topological polar surface area (TPSA) is 47.0 Å². The summed E-state index contributed by atoms with van der Waals surface area (Å²) in [6.07, 6.45) is 7.52. The zero-order valence-electron chi connectivity index (χ0n) is 12.1. The van der Waals surface area contributed by atoms with Crippen molar-refractivity contribution in [2.45, 2.75) is 58.0 Å². The fraction of sp³-hybridized carbons (Fsp3) is 0.733. The highest BCUT2D eigenvalue weighted by molar-refractivity contribution is 5.36. The molecule has 0 spiro atoms. The van der Waals surface area contributed by atoms with Crippen molar-refractivity contribution in [3.63, 3.8) is 0 Å². The van der Waals surface area contributed by atoms with E-state index in [1.54, 1.807) is 7.11 Å². The van der Waals surface area contributed by atoms with Gasteiger partial charge in [0.2, 0.25) is 0 Å². The fourth-order valence-corrected chi connectivity index (χ4v) is 2.63. The minimum absolute atomic E-state index is 0.535. The van der Waals surface area contributed by atoms with Gasteiger partial charge >= 0.3 is 0 Å². The van der Waals surface area contributed by atoms with Crippen LogP contribution in [0.2, 0.25) is 0 Å². The van der Waals surface area contributed by atoms with Crippen molar-refractivity contribution in [1.29, 1.82) is 0 Å². The second kappa shape index (κ2) is 7.43. The quantitative estimate of drug-likeness (QED) is 0.853. The molecule has 1 heterocycles. The minimum atomic E-state index is 0.535. The number of hydrogen-bond donors (Lipinski definition) is 1. The Bertz CT molecular complexity index is 389. The van der Waals surface area contributed by atoms with E-state index in [-0.39, 0.29) is 0 Å². The van der Waals surface area contributed by atoms with Gasteiger partial charge < -0.3 is 10.1 Å². The van der Waals surface area contributed by atoms with Gasteiger partial charge in [0.15, 0.2) is 0 Å². The maximum absolute atomic E-state index is 5.21. The molecule has 106 valence electrons. The maximum Gasteiger partial charge on any atom is 0.134 e. The molecule has 4 heteroatoms. The summed E-state index contributed by atoms with van der Waals surface area (Å²) >= 11 is 0. The number of nitrogens with one attached hydrogen (secondary N) is 1. The highest BCUT2D eigenvalue weighted by atomic mass is 16.5.